The Bertz CT molecular complexity index is 775. The number of nitrogens with two attached hydrogens (primary N) is 2. The third-order valence-electron chi connectivity index (χ3n) is 4.53. The Labute approximate surface area is 151 Å². The van der Waals surface area contributed by atoms with Crippen molar-refractivity contribution in [1.82, 2.24) is 15.0 Å². The van der Waals surface area contributed by atoms with Gasteiger partial charge in [-0.15, -0.1) is 0 Å². The third-order valence-corrected chi connectivity index (χ3v) is 4.53. The van der Waals surface area contributed by atoms with Crippen LogP contribution in [0.4, 0.5) is 17.6 Å². The Morgan fingerprint density at radius 2 is 2.08 bits per heavy atom. The van der Waals surface area contributed by atoms with Crippen molar-refractivity contribution in [3.63, 3.8) is 0 Å². The van der Waals surface area contributed by atoms with Gasteiger partial charge in [-0.2, -0.15) is 15.0 Å². The molecule has 138 valence electrons. The van der Waals surface area contributed by atoms with Gasteiger partial charge in [-0.3, -0.25) is 4.79 Å². The van der Waals surface area contributed by atoms with E-state index in [1.165, 1.54) is 4.90 Å². The van der Waals surface area contributed by atoms with Crippen molar-refractivity contribution >= 4 is 23.5 Å². The number of primary amides is 1. The molecule has 0 atom stereocenters. The topological polar surface area (TPSA) is 133 Å². The summed E-state index contributed by atoms with van der Waals surface area (Å²) < 4.78 is 5.21. The monoisotopic (exact) mass is 358 g/mol. The number of aromatic nitrogens is 3. The Hall–Kier alpha value is -2.94. The first-order valence-electron chi connectivity index (χ1n) is 8.58. The van der Waals surface area contributed by atoms with Crippen LogP contribution in [-0.2, 0) is 11.3 Å². The number of carbonyl (C=O) groups is 1. The minimum absolute atomic E-state index is 0.0209. The molecule has 1 amide bonds. The molecule has 0 aliphatic carbocycles. The predicted octanol–water partition coefficient (Wildman–Crippen LogP) is -0.514. The van der Waals surface area contributed by atoms with Crippen molar-refractivity contribution in [3.05, 3.63) is 30.1 Å². The third kappa shape index (κ3) is 4.57. The van der Waals surface area contributed by atoms with Crippen molar-refractivity contribution in [1.29, 1.82) is 0 Å². The molecule has 2 heterocycles. The van der Waals surface area contributed by atoms with Crippen LogP contribution in [0.2, 0.25) is 0 Å². The highest BCUT2D eigenvalue weighted by atomic mass is 16.5. The van der Waals surface area contributed by atoms with E-state index < -0.39 is 0 Å². The molecule has 1 saturated heterocycles. The summed E-state index contributed by atoms with van der Waals surface area (Å²) in [5, 5.41) is 3.13. The molecule has 0 unspecified atom stereocenters. The van der Waals surface area contributed by atoms with E-state index in [0.717, 1.165) is 37.4 Å². The van der Waals surface area contributed by atoms with Crippen molar-refractivity contribution in [2.24, 2.45) is 11.7 Å². The molecule has 0 saturated carbocycles. The number of piperidine rings is 1. The van der Waals surface area contributed by atoms with Gasteiger partial charge in [0.25, 0.3) is 0 Å². The van der Waals surface area contributed by atoms with Crippen LogP contribution in [-0.4, -0.2) is 41.1 Å². The smallest absolute Gasteiger partial charge is 0.232 e. The van der Waals surface area contributed by atoms with Crippen LogP contribution < -0.4 is 26.4 Å². The lowest BCUT2D eigenvalue weighted by atomic mass is 9.96. The molecule has 3 rings (SSSR count). The highest BCUT2D eigenvalue weighted by Gasteiger charge is 2.26. The van der Waals surface area contributed by atoms with Gasteiger partial charge >= 0.3 is 0 Å². The largest absolute Gasteiger partial charge is 0.497 e. The molecule has 1 aliphatic heterocycles. The number of rotatable bonds is 6. The number of benzene rings is 1. The molecule has 0 spiro atoms. The zero-order valence-electron chi connectivity index (χ0n) is 14.7. The maximum absolute atomic E-state index is 11.3. The second kappa shape index (κ2) is 7.96. The number of hydrogen-bond acceptors (Lipinski definition) is 7. The minimum atomic E-state index is -0.210. The molecule has 0 radical (unpaired) electrons. The number of quaternary nitrogens is 1. The molecule has 2 aromatic rings. The first-order chi connectivity index (χ1) is 12.5. The van der Waals surface area contributed by atoms with Gasteiger partial charge in [0.2, 0.25) is 17.8 Å². The SMILES string of the molecule is COc1cccc(Nc2nc(N)nc(C[NH+]3CCC(C(N)=O)CC3)n2)c1. The highest BCUT2D eigenvalue weighted by molar-refractivity contribution is 5.76. The first kappa shape index (κ1) is 17.9. The number of anilines is 3. The molecule has 1 aromatic carbocycles. The molecular formula is C17H24N7O2+. The summed E-state index contributed by atoms with van der Waals surface area (Å²) in [5.41, 5.74) is 12.0. The van der Waals surface area contributed by atoms with Crippen LogP contribution in [0.25, 0.3) is 0 Å². The van der Waals surface area contributed by atoms with E-state index >= 15 is 0 Å². The van der Waals surface area contributed by atoms with E-state index in [-0.39, 0.29) is 17.8 Å². The summed E-state index contributed by atoms with van der Waals surface area (Å²) in [6, 6.07) is 7.47. The van der Waals surface area contributed by atoms with Gasteiger partial charge in [0, 0.05) is 30.5 Å². The number of carbonyl (C=O) groups excluding carboxylic acids is 1. The maximum Gasteiger partial charge on any atom is 0.232 e. The molecular weight excluding hydrogens is 334 g/mol. The summed E-state index contributed by atoms with van der Waals surface area (Å²) >= 11 is 0. The Morgan fingerprint density at radius 1 is 1.31 bits per heavy atom. The van der Waals surface area contributed by atoms with Crippen molar-refractivity contribution in [3.8, 4) is 5.75 Å². The predicted molar refractivity (Wildman–Crippen MR) is 96.8 cm³/mol. The molecule has 1 aliphatic rings. The summed E-state index contributed by atoms with van der Waals surface area (Å²) in [5.74, 6) is 1.69. The maximum atomic E-state index is 11.3. The fourth-order valence-corrected chi connectivity index (χ4v) is 3.11. The Morgan fingerprint density at radius 3 is 2.77 bits per heavy atom. The number of amides is 1. The lowest BCUT2D eigenvalue weighted by Gasteiger charge is -2.27. The minimum Gasteiger partial charge on any atom is -0.497 e. The summed E-state index contributed by atoms with van der Waals surface area (Å²) in [6.07, 6.45) is 1.58. The van der Waals surface area contributed by atoms with Crippen LogP contribution in [0.15, 0.2) is 24.3 Å². The van der Waals surface area contributed by atoms with Crippen molar-refractivity contribution < 1.29 is 14.4 Å². The number of nitrogens with one attached hydrogen (secondary N) is 2. The van der Waals surface area contributed by atoms with Crippen LogP contribution in [0.5, 0.6) is 5.75 Å². The summed E-state index contributed by atoms with van der Waals surface area (Å²) in [6.45, 7) is 2.35. The van der Waals surface area contributed by atoms with Gasteiger partial charge in [-0.1, -0.05) is 6.07 Å². The van der Waals surface area contributed by atoms with Crippen molar-refractivity contribution in [2.45, 2.75) is 19.4 Å². The molecule has 1 aromatic heterocycles. The molecule has 26 heavy (non-hydrogen) atoms. The van der Waals surface area contributed by atoms with Crippen LogP contribution in [0.1, 0.15) is 18.7 Å². The zero-order chi connectivity index (χ0) is 18.5. The average molecular weight is 358 g/mol. The second-order valence-corrected chi connectivity index (χ2v) is 6.39. The van der Waals surface area contributed by atoms with Crippen LogP contribution in [0.3, 0.4) is 0 Å². The van der Waals surface area contributed by atoms with E-state index in [9.17, 15) is 4.79 Å². The number of likely N-dealkylation sites (tertiary alicyclic amines) is 1. The normalized spacial score (nSPS) is 19.7. The second-order valence-electron chi connectivity index (χ2n) is 6.39. The number of nitrogen functional groups attached to an aromatic ring is 1. The van der Waals surface area contributed by atoms with Gasteiger partial charge in [0.1, 0.15) is 12.3 Å². The van der Waals surface area contributed by atoms with E-state index in [4.69, 9.17) is 16.2 Å². The van der Waals surface area contributed by atoms with Gasteiger partial charge in [0.15, 0.2) is 5.82 Å². The first-order valence-corrected chi connectivity index (χ1v) is 8.58. The van der Waals surface area contributed by atoms with E-state index in [2.05, 4.69) is 20.3 Å². The van der Waals surface area contributed by atoms with Gasteiger partial charge in [0.05, 0.1) is 20.2 Å². The highest BCUT2D eigenvalue weighted by Crippen LogP contribution is 2.19. The number of hydrogen-bond donors (Lipinski definition) is 4. The van der Waals surface area contributed by atoms with Gasteiger partial charge in [-0.25, -0.2) is 0 Å². The average Bonchev–Trinajstić information content (AvgIpc) is 2.62. The van der Waals surface area contributed by atoms with Crippen LogP contribution in [0, 0.1) is 5.92 Å². The zero-order valence-corrected chi connectivity index (χ0v) is 14.7. The quantitative estimate of drug-likeness (QED) is 0.546. The molecule has 9 nitrogen and oxygen atoms in total. The molecule has 6 N–H and O–H groups in total. The standard InChI is InChI=1S/C17H23N7O2/c1-26-13-4-2-3-12(9-13)20-17-22-14(21-16(19)23-17)10-24-7-5-11(6-8-24)15(18)25/h2-4,9,11H,5-8,10H2,1H3,(H2,18,25)(H3,19,20,21,22,23)/p+1. The number of methoxy groups -OCH3 is 1. The van der Waals surface area contributed by atoms with Crippen LogP contribution >= 0.6 is 0 Å². The Kier molecular flexibility index (Phi) is 5.47. The molecule has 1 fully saturated rings. The fourth-order valence-electron chi connectivity index (χ4n) is 3.11. The van der Waals surface area contributed by atoms with E-state index in [1.54, 1.807) is 7.11 Å². The van der Waals surface area contributed by atoms with E-state index in [1.807, 2.05) is 24.3 Å². The number of ether oxygens (including phenoxy) is 1. The molecule has 9 heteroatoms. The Balaban J connectivity index is 1.67. The van der Waals surface area contributed by atoms with Crippen molar-refractivity contribution in [2.75, 3.05) is 31.2 Å². The molecule has 0 bridgehead atoms. The lowest BCUT2D eigenvalue weighted by molar-refractivity contribution is -0.920. The number of nitrogens with zero attached hydrogens (tertiary/aromatic N) is 3. The van der Waals surface area contributed by atoms with E-state index in [0.29, 0.717) is 18.3 Å². The lowest BCUT2D eigenvalue weighted by Crippen LogP contribution is -3.12. The van der Waals surface area contributed by atoms with Gasteiger partial charge in [-0.05, 0) is 12.1 Å². The summed E-state index contributed by atoms with van der Waals surface area (Å²) in [7, 11) is 1.61. The summed E-state index contributed by atoms with van der Waals surface area (Å²) in [4.78, 5) is 25.4. The fraction of sp³-hybridized carbons (Fsp3) is 0.412. The van der Waals surface area contributed by atoms with Gasteiger partial charge < -0.3 is 26.4 Å².